The molecule has 1 amide bonds. The van der Waals surface area contributed by atoms with Crippen molar-refractivity contribution >= 4 is 50.3 Å². The molecule has 2 aromatic carbocycles. The zero-order valence-electron chi connectivity index (χ0n) is 12.8. The van der Waals surface area contributed by atoms with Gasteiger partial charge in [0.05, 0.1) is 9.80 Å². The molecular weight excluding hydrogens is 402 g/mol. The lowest BCUT2D eigenvalue weighted by molar-refractivity contribution is -0.123. The molecule has 1 N–H and O–H groups in total. The SMILES string of the molecule is O=C1/C(=C/c2cc(F)ccc2F)SC(=S)N1NS(=O)(=O)c1ccccc1. The van der Waals surface area contributed by atoms with Gasteiger partial charge in [-0.3, -0.25) is 4.79 Å². The molecule has 0 bridgehead atoms. The number of thioether (sulfide) groups is 1. The van der Waals surface area contributed by atoms with E-state index in [0.717, 1.165) is 36.0 Å². The summed E-state index contributed by atoms with van der Waals surface area (Å²) in [6.45, 7) is 0. The quantitative estimate of drug-likeness (QED) is 0.618. The Hall–Kier alpha value is -2.14. The van der Waals surface area contributed by atoms with Crippen LogP contribution < -0.4 is 4.83 Å². The molecular formula is C16H10F2N2O3S3. The second-order valence-corrected chi connectivity index (χ2v) is 8.43. The third-order valence-electron chi connectivity index (χ3n) is 3.30. The first-order valence-corrected chi connectivity index (χ1v) is 9.79. The molecule has 5 nitrogen and oxygen atoms in total. The molecule has 0 aliphatic carbocycles. The van der Waals surface area contributed by atoms with Crippen molar-refractivity contribution in [2.24, 2.45) is 0 Å². The second-order valence-electron chi connectivity index (χ2n) is 5.09. The van der Waals surface area contributed by atoms with Crippen molar-refractivity contribution in [3.8, 4) is 0 Å². The van der Waals surface area contributed by atoms with E-state index in [1.807, 2.05) is 0 Å². The van der Waals surface area contributed by atoms with Gasteiger partial charge in [0.15, 0.2) is 4.32 Å². The van der Waals surface area contributed by atoms with Gasteiger partial charge in [-0.25, -0.2) is 22.2 Å². The molecule has 0 aromatic heterocycles. The van der Waals surface area contributed by atoms with Crippen LogP contribution in [0.25, 0.3) is 6.08 Å². The Bertz CT molecular complexity index is 1020. The van der Waals surface area contributed by atoms with Gasteiger partial charge in [0, 0.05) is 5.56 Å². The maximum Gasteiger partial charge on any atom is 0.281 e. The Labute approximate surface area is 157 Å². The van der Waals surface area contributed by atoms with E-state index in [4.69, 9.17) is 12.2 Å². The van der Waals surface area contributed by atoms with Crippen molar-refractivity contribution < 1.29 is 22.0 Å². The molecule has 0 saturated carbocycles. The first-order chi connectivity index (χ1) is 12.3. The van der Waals surface area contributed by atoms with E-state index in [1.54, 1.807) is 6.07 Å². The standard InChI is InChI=1S/C16H10F2N2O3S3/c17-11-6-7-13(18)10(8-11)9-14-15(21)20(16(24)25-14)19-26(22,23)12-4-2-1-3-5-12/h1-9,19H/b14-9-. The fourth-order valence-electron chi connectivity index (χ4n) is 2.09. The van der Waals surface area contributed by atoms with Crippen LogP contribution in [0.3, 0.4) is 0 Å². The van der Waals surface area contributed by atoms with Gasteiger partial charge in [-0.05, 0) is 36.4 Å². The highest BCUT2D eigenvalue weighted by Gasteiger charge is 2.35. The number of hydrogen-bond acceptors (Lipinski definition) is 5. The van der Waals surface area contributed by atoms with Gasteiger partial charge >= 0.3 is 0 Å². The highest BCUT2D eigenvalue weighted by Crippen LogP contribution is 2.32. The highest BCUT2D eigenvalue weighted by molar-refractivity contribution is 8.26. The Kier molecular flexibility index (Phi) is 5.19. The van der Waals surface area contributed by atoms with Gasteiger partial charge in [0.2, 0.25) is 0 Å². The third-order valence-corrected chi connectivity index (χ3v) is 5.92. The maximum absolute atomic E-state index is 13.7. The molecule has 26 heavy (non-hydrogen) atoms. The monoisotopic (exact) mass is 412 g/mol. The molecule has 1 heterocycles. The number of benzene rings is 2. The smallest absolute Gasteiger partial charge is 0.267 e. The van der Waals surface area contributed by atoms with Crippen LogP contribution in [0.5, 0.6) is 0 Å². The molecule has 0 radical (unpaired) electrons. The lowest BCUT2D eigenvalue weighted by Gasteiger charge is -2.15. The van der Waals surface area contributed by atoms with Crippen molar-refractivity contribution in [1.82, 2.24) is 9.84 Å². The summed E-state index contributed by atoms with van der Waals surface area (Å²) < 4.78 is 51.6. The van der Waals surface area contributed by atoms with Gasteiger partial charge in [-0.2, -0.15) is 0 Å². The van der Waals surface area contributed by atoms with Gasteiger partial charge in [-0.15, -0.1) is 4.83 Å². The Morgan fingerprint density at radius 2 is 1.81 bits per heavy atom. The minimum absolute atomic E-state index is 0.0322. The molecule has 10 heteroatoms. The zero-order valence-corrected chi connectivity index (χ0v) is 15.3. The van der Waals surface area contributed by atoms with E-state index in [1.165, 1.54) is 24.3 Å². The van der Waals surface area contributed by atoms with Crippen LogP contribution in [0.1, 0.15) is 5.56 Å². The molecule has 0 atom stereocenters. The van der Waals surface area contributed by atoms with Crippen molar-refractivity contribution in [2.45, 2.75) is 4.90 Å². The third kappa shape index (κ3) is 3.83. The van der Waals surface area contributed by atoms with E-state index in [2.05, 4.69) is 4.83 Å². The van der Waals surface area contributed by atoms with Crippen LogP contribution in [-0.4, -0.2) is 23.7 Å². The summed E-state index contributed by atoms with van der Waals surface area (Å²) in [5.41, 5.74) is -0.142. The summed E-state index contributed by atoms with van der Waals surface area (Å²) in [6.07, 6.45) is 1.12. The largest absolute Gasteiger partial charge is 0.281 e. The number of hydrogen-bond donors (Lipinski definition) is 1. The first-order valence-electron chi connectivity index (χ1n) is 7.08. The van der Waals surface area contributed by atoms with Gasteiger partial charge in [-0.1, -0.05) is 42.2 Å². The summed E-state index contributed by atoms with van der Waals surface area (Å²) >= 11 is 5.80. The normalized spacial score (nSPS) is 16.5. The topological polar surface area (TPSA) is 66.5 Å². The van der Waals surface area contributed by atoms with E-state index in [9.17, 15) is 22.0 Å². The Balaban J connectivity index is 1.88. The molecule has 3 rings (SSSR count). The van der Waals surface area contributed by atoms with E-state index < -0.39 is 27.6 Å². The van der Waals surface area contributed by atoms with E-state index >= 15 is 0 Å². The van der Waals surface area contributed by atoms with Gasteiger partial charge in [0.25, 0.3) is 15.9 Å². The summed E-state index contributed by atoms with van der Waals surface area (Å²) in [5.74, 6) is -2.16. The number of rotatable bonds is 4. The molecule has 0 spiro atoms. The van der Waals surface area contributed by atoms with Crippen molar-refractivity contribution in [3.05, 3.63) is 70.6 Å². The molecule has 1 fully saturated rings. The predicted molar refractivity (Wildman–Crippen MR) is 98.1 cm³/mol. The van der Waals surface area contributed by atoms with Gasteiger partial charge in [0.1, 0.15) is 11.6 Å². The summed E-state index contributed by atoms with van der Waals surface area (Å²) in [4.78, 5) is 14.5. The number of nitrogens with zero attached hydrogens (tertiary/aromatic N) is 1. The van der Waals surface area contributed by atoms with Crippen LogP contribution in [-0.2, 0) is 14.8 Å². The number of carbonyl (C=O) groups is 1. The Morgan fingerprint density at radius 1 is 1.12 bits per heavy atom. The maximum atomic E-state index is 13.7. The molecule has 1 aliphatic heterocycles. The minimum atomic E-state index is -4.03. The molecule has 1 aliphatic rings. The molecule has 1 saturated heterocycles. The van der Waals surface area contributed by atoms with Crippen molar-refractivity contribution in [1.29, 1.82) is 0 Å². The molecule has 2 aromatic rings. The number of amides is 1. The average Bonchev–Trinajstić information content (AvgIpc) is 2.86. The number of halogens is 2. The first kappa shape index (κ1) is 18.6. The number of thiocarbonyl (C=S) groups is 1. The van der Waals surface area contributed by atoms with Crippen LogP contribution >= 0.6 is 24.0 Å². The fraction of sp³-hybridized carbons (Fsp3) is 0. The molecule has 0 unspecified atom stereocenters. The van der Waals surface area contributed by atoms with Crippen LogP contribution in [0.2, 0.25) is 0 Å². The summed E-state index contributed by atoms with van der Waals surface area (Å²) in [6, 6.07) is 10.2. The average molecular weight is 412 g/mol. The lowest BCUT2D eigenvalue weighted by atomic mass is 10.2. The lowest BCUT2D eigenvalue weighted by Crippen LogP contribution is -2.44. The summed E-state index contributed by atoms with van der Waals surface area (Å²) in [5, 5.41) is 0.686. The number of sulfonamides is 1. The van der Waals surface area contributed by atoms with Crippen molar-refractivity contribution in [3.63, 3.8) is 0 Å². The summed E-state index contributed by atoms with van der Waals surface area (Å²) in [7, 11) is -4.03. The highest BCUT2D eigenvalue weighted by atomic mass is 32.2. The van der Waals surface area contributed by atoms with Crippen LogP contribution in [0, 0.1) is 11.6 Å². The van der Waals surface area contributed by atoms with Crippen LogP contribution in [0.4, 0.5) is 8.78 Å². The number of carbonyl (C=O) groups excluding carboxylic acids is 1. The fourth-order valence-corrected chi connectivity index (χ4v) is 4.41. The van der Waals surface area contributed by atoms with Crippen LogP contribution in [0.15, 0.2) is 58.3 Å². The second kappa shape index (κ2) is 7.23. The number of hydrazine groups is 1. The molecule has 134 valence electrons. The predicted octanol–water partition coefficient (Wildman–Crippen LogP) is 3.06. The van der Waals surface area contributed by atoms with Gasteiger partial charge < -0.3 is 0 Å². The number of nitrogens with one attached hydrogen (secondary N) is 1. The zero-order chi connectivity index (χ0) is 18.9. The minimum Gasteiger partial charge on any atom is -0.267 e. The van der Waals surface area contributed by atoms with E-state index in [-0.39, 0.29) is 19.7 Å². The van der Waals surface area contributed by atoms with E-state index in [0.29, 0.717) is 5.01 Å². The Morgan fingerprint density at radius 3 is 2.50 bits per heavy atom. The van der Waals surface area contributed by atoms with Crippen molar-refractivity contribution in [2.75, 3.05) is 0 Å².